The molecule has 1 aromatic rings. The lowest BCUT2D eigenvalue weighted by atomic mass is 9.89. The number of hydrogen-bond acceptors (Lipinski definition) is 4. The van der Waals surface area contributed by atoms with Gasteiger partial charge in [-0.3, -0.25) is 0 Å². The fourth-order valence-electron chi connectivity index (χ4n) is 3.57. The van der Waals surface area contributed by atoms with E-state index in [0.29, 0.717) is 17.2 Å². The van der Waals surface area contributed by atoms with Crippen molar-refractivity contribution in [2.75, 3.05) is 7.11 Å². The molecule has 140 valence electrons. The molecule has 0 radical (unpaired) electrons. The maximum Gasteiger partial charge on any atom is 0.338 e. The molecule has 2 N–H and O–H groups in total. The monoisotopic (exact) mass is 358 g/mol. The van der Waals surface area contributed by atoms with Crippen LogP contribution in [0.2, 0.25) is 0 Å². The van der Waals surface area contributed by atoms with Crippen LogP contribution in [-0.2, 0) is 9.53 Å². The van der Waals surface area contributed by atoms with E-state index in [2.05, 4.69) is 17.6 Å². The highest BCUT2D eigenvalue weighted by atomic mass is 16.5. The van der Waals surface area contributed by atoms with Crippen LogP contribution in [0.5, 0.6) is 5.75 Å². The molecular formula is C20H26N2O4. The van der Waals surface area contributed by atoms with Crippen molar-refractivity contribution in [3.05, 3.63) is 41.1 Å². The minimum atomic E-state index is -0.537. The summed E-state index contributed by atoms with van der Waals surface area (Å²) in [7, 11) is 1.60. The zero-order valence-corrected chi connectivity index (χ0v) is 15.5. The molecule has 1 aromatic carbocycles. The van der Waals surface area contributed by atoms with Crippen LogP contribution in [0.25, 0.3) is 0 Å². The summed E-state index contributed by atoms with van der Waals surface area (Å²) in [6.45, 7) is 3.96. The Labute approximate surface area is 153 Å². The molecule has 3 rings (SSSR count). The lowest BCUT2D eigenvalue weighted by Gasteiger charge is -2.31. The number of urea groups is 1. The van der Waals surface area contributed by atoms with Crippen LogP contribution in [0, 0.1) is 5.92 Å². The Bertz CT molecular complexity index is 703. The number of rotatable bonds is 4. The van der Waals surface area contributed by atoms with Gasteiger partial charge in [0, 0.05) is 5.70 Å². The molecule has 0 unspecified atom stereocenters. The number of carbonyl (C=O) groups excluding carboxylic acids is 2. The first kappa shape index (κ1) is 18.3. The molecule has 1 aliphatic carbocycles. The molecule has 0 spiro atoms. The highest BCUT2D eigenvalue weighted by Crippen LogP contribution is 2.31. The number of amides is 2. The van der Waals surface area contributed by atoms with Gasteiger partial charge in [0.2, 0.25) is 0 Å². The zero-order valence-electron chi connectivity index (χ0n) is 15.5. The minimum absolute atomic E-state index is 0.0480. The van der Waals surface area contributed by atoms with Crippen LogP contribution in [0.4, 0.5) is 4.79 Å². The van der Waals surface area contributed by atoms with Crippen LogP contribution in [0.15, 0.2) is 35.5 Å². The van der Waals surface area contributed by atoms with Gasteiger partial charge in [0.1, 0.15) is 11.9 Å². The van der Waals surface area contributed by atoms with E-state index in [1.807, 2.05) is 24.3 Å². The van der Waals surface area contributed by atoms with Crippen molar-refractivity contribution in [3.63, 3.8) is 0 Å². The van der Waals surface area contributed by atoms with Crippen LogP contribution >= 0.6 is 0 Å². The molecule has 1 saturated carbocycles. The third-order valence-electron chi connectivity index (χ3n) is 5.17. The van der Waals surface area contributed by atoms with E-state index in [4.69, 9.17) is 9.47 Å². The maximum atomic E-state index is 12.9. The second-order valence-corrected chi connectivity index (χ2v) is 7.13. The number of benzene rings is 1. The number of methoxy groups -OCH3 is 1. The number of ether oxygens (including phenoxy) is 2. The first-order valence-corrected chi connectivity index (χ1v) is 9.11. The van der Waals surface area contributed by atoms with E-state index < -0.39 is 6.04 Å². The molecule has 0 bridgehead atoms. The van der Waals surface area contributed by atoms with Crippen LogP contribution in [-0.4, -0.2) is 25.2 Å². The van der Waals surface area contributed by atoms with Gasteiger partial charge in [-0.2, -0.15) is 0 Å². The molecule has 1 aliphatic heterocycles. The van der Waals surface area contributed by atoms with Gasteiger partial charge in [-0.1, -0.05) is 19.1 Å². The van der Waals surface area contributed by atoms with Gasteiger partial charge >= 0.3 is 12.0 Å². The fourth-order valence-corrected chi connectivity index (χ4v) is 3.57. The van der Waals surface area contributed by atoms with Gasteiger partial charge in [0.15, 0.2) is 0 Å². The summed E-state index contributed by atoms with van der Waals surface area (Å²) >= 11 is 0. The Hall–Kier alpha value is -2.50. The Kier molecular flexibility index (Phi) is 5.49. The summed E-state index contributed by atoms with van der Waals surface area (Å²) in [6, 6.07) is 6.45. The molecule has 26 heavy (non-hydrogen) atoms. The number of allylic oxidation sites excluding steroid dienone is 1. The standard InChI is InChI=1S/C20H26N2O4/c1-12-4-8-16(9-5-12)26-19(23)17-13(2)21-20(24)22-18(17)14-6-10-15(25-3)11-7-14/h6-7,10-12,16,18H,4-5,8-9H2,1-3H3,(H2,21,22,24)/t12?,16?,18-/m0/s1. The lowest BCUT2D eigenvalue weighted by molar-refractivity contribution is -0.146. The smallest absolute Gasteiger partial charge is 0.338 e. The largest absolute Gasteiger partial charge is 0.497 e. The molecule has 6 heteroatoms. The fraction of sp³-hybridized carbons (Fsp3) is 0.500. The summed E-state index contributed by atoms with van der Waals surface area (Å²) in [6.07, 6.45) is 3.89. The van der Waals surface area contributed by atoms with E-state index in [1.54, 1.807) is 14.0 Å². The van der Waals surface area contributed by atoms with Crippen molar-refractivity contribution in [2.24, 2.45) is 5.92 Å². The zero-order chi connectivity index (χ0) is 18.7. The normalized spacial score (nSPS) is 26.0. The predicted molar refractivity (Wildman–Crippen MR) is 97.6 cm³/mol. The predicted octanol–water partition coefficient (Wildman–Crippen LogP) is 3.45. The Morgan fingerprint density at radius 3 is 2.38 bits per heavy atom. The van der Waals surface area contributed by atoms with Crippen molar-refractivity contribution in [3.8, 4) is 5.75 Å². The molecule has 1 fully saturated rings. The van der Waals surface area contributed by atoms with E-state index in [0.717, 1.165) is 37.0 Å². The summed E-state index contributed by atoms with van der Waals surface area (Å²) in [5.74, 6) is 1.04. The molecule has 2 amide bonds. The van der Waals surface area contributed by atoms with Crippen LogP contribution in [0.3, 0.4) is 0 Å². The molecule has 2 aliphatic rings. The average molecular weight is 358 g/mol. The number of esters is 1. The molecular weight excluding hydrogens is 332 g/mol. The Morgan fingerprint density at radius 1 is 1.12 bits per heavy atom. The van der Waals surface area contributed by atoms with Crippen molar-refractivity contribution < 1.29 is 19.1 Å². The van der Waals surface area contributed by atoms with Gasteiger partial charge in [-0.15, -0.1) is 0 Å². The first-order valence-electron chi connectivity index (χ1n) is 9.11. The van der Waals surface area contributed by atoms with Crippen LogP contribution in [0.1, 0.15) is 51.1 Å². The van der Waals surface area contributed by atoms with Gasteiger partial charge in [-0.25, -0.2) is 9.59 Å². The number of hydrogen-bond donors (Lipinski definition) is 2. The number of nitrogens with one attached hydrogen (secondary N) is 2. The summed E-state index contributed by atoms with van der Waals surface area (Å²) in [5.41, 5.74) is 1.79. The van der Waals surface area contributed by atoms with Gasteiger partial charge in [0.25, 0.3) is 0 Å². The highest BCUT2D eigenvalue weighted by molar-refractivity contribution is 5.95. The SMILES string of the molecule is COc1ccc([C@@H]2NC(=O)NC(C)=C2C(=O)OC2CCC(C)CC2)cc1. The first-order chi connectivity index (χ1) is 12.5. The second-order valence-electron chi connectivity index (χ2n) is 7.13. The van der Waals surface area contributed by atoms with Crippen molar-refractivity contribution >= 4 is 12.0 Å². The summed E-state index contributed by atoms with van der Waals surface area (Å²) in [4.78, 5) is 24.8. The van der Waals surface area contributed by atoms with Crippen molar-refractivity contribution in [2.45, 2.75) is 51.7 Å². The van der Waals surface area contributed by atoms with Crippen LogP contribution < -0.4 is 15.4 Å². The minimum Gasteiger partial charge on any atom is -0.497 e. The lowest BCUT2D eigenvalue weighted by Crippen LogP contribution is -2.45. The van der Waals surface area contributed by atoms with Gasteiger partial charge in [0.05, 0.1) is 18.7 Å². The summed E-state index contributed by atoms with van der Waals surface area (Å²) < 4.78 is 10.9. The quantitative estimate of drug-likeness (QED) is 0.808. The molecule has 0 saturated heterocycles. The Balaban J connectivity index is 1.81. The van der Waals surface area contributed by atoms with E-state index in [1.165, 1.54) is 0 Å². The van der Waals surface area contributed by atoms with Crippen molar-refractivity contribution in [1.29, 1.82) is 0 Å². The van der Waals surface area contributed by atoms with Crippen molar-refractivity contribution in [1.82, 2.24) is 10.6 Å². The third-order valence-corrected chi connectivity index (χ3v) is 5.17. The molecule has 6 nitrogen and oxygen atoms in total. The number of carbonyl (C=O) groups is 2. The van der Waals surface area contributed by atoms with E-state index in [9.17, 15) is 9.59 Å². The average Bonchev–Trinajstić information content (AvgIpc) is 2.63. The van der Waals surface area contributed by atoms with E-state index >= 15 is 0 Å². The molecule has 1 heterocycles. The summed E-state index contributed by atoms with van der Waals surface area (Å²) in [5, 5.41) is 5.51. The Morgan fingerprint density at radius 2 is 1.77 bits per heavy atom. The highest BCUT2D eigenvalue weighted by Gasteiger charge is 2.34. The maximum absolute atomic E-state index is 12.9. The van der Waals surface area contributed by atoms with E-state index in [-0.39, 0.29) is 18.1 Å². The molecule has 1 atom stereocenters. The van der Waals surface area contributed by atoms with Gasteiger partial charge < -0.3 is 20.1 Å². The van der Waals surface area contributed by atoms with Gasteiger partial charge in [-0.05, 0) is 56.2 Å². The molecule has 0 aromatic heterocycles. The topological polar surface area (TPSA) is 76.7 Å². The second kappa shape index (κ2) is 7.81. The third kappa shape index (κ3) is 4.00.